The van der Waals surface area contributed by atoms with Gasteiger partial charge in [0.15, 0.2) is 0 Å². The van der Waals surface area contributed by atoms with Crippen molar-refractivity contribution >= 4 is 29.4 Å². The van der Waals surface area contributed by atoms with Crippen molar-refractivity contribution in [3.8, 4) is 17.0 Å². The Balaban J connectivity index is 1.27. The largest absolute Gasteiger partial charge is 0.497 e. The van der Waals surface area contributed by atoms with Gasteiger partial charge in [0, 0.05) is 17.7 Å². The summed E-state index contributed by atoms with van der Waals surface area (Å²) in [6.45, 7) is -0.170. The highest BCUT2D eigenvalue weighted by molar-refractivity contribution is 6.33. The average Bonchev–Trinajstić information content (AvgIpc) is 3.27. The van der Waals surface area contributed by atoms with E-state index in [4.69, 9.17) is 16.3 Å². The summed E-state index contributed by atoms with van der Waals surface area (Å²) in [6.07, 6.45) is 4.64. The SMILES string of the molecule is COc1cccc([C@@H](CO)NC(=O)CN2Cc3ccc(-c4nc(NC5CCCC[C@@H]5O)ncc4Cl)cc3C2=O)c1. The van der Waals surface area contributed by atoms with E-state index in [9.17, 15) is 19.8 Å². The van der Waals surface area contributed by atoms with Crippen LogP contribution in [0.3, 0.4) is 0 Å². The van der Waals surface area contributed by atoms with Crippen molar-refractivity contribution in [2.24, 2.45) is 0 Å². The van der Waals surface area contributed by atoms with Crippen molar-refractivity contribution < 1.29 is 24.5 Å². The maximum atomic E-state index is 13.2. The third-order valence-electron chi connectivity index (χ3n) is 7.40. The maximum absolute atomic E-state index is 13.2. The first-order valence-corrected chi connectivity index (χ1v) is 13.7. The lowest BCUT2D eigenvalue weighted by atomic mass is 9.93. The molecule has 2 aromatic carbocycles. The number of hydrogen-bond acceptors (Lipinski definition) is 8. The number of ether oxygens (including phenoxy) is 1. The molecular formula is C29H32ClN5O5. The Morgan fingerprint density at radius 1 is 1.23 bits per heavy atom. The minimum absolute atomic E-state index is 0.126. The number of amides is 2. The number of methoxy groups -OCH3 is 1. The molecule has 40 heavy (non-hydrogen) atoms. The van der Waals surface area contributed by atoms with Gasteiger partial charge in [-0.1, -0.05) is 48.7 Å². The summed E-state index contributed by atoms with van der Waals surface area (Å²) in [7, 11) is 1.55. The van der Waals surface area contributed by atoms with E-state index < -0.39 is 12.1 Å². The normalized spacial score (nSPS) is 19.2. The van der Waals surface area contributed by atoms with Crippen molar-refractivity contribution in [2.75, 3.05) is 25.6 Å². The van der Waals surface area contributed by atoms with Crippen LogP contribution in [-0.2, 0) is 11.3 Å². The van der Waals surface area contributed by atoms with Crippen LogP contribution in [0.1, 0.15) is 53.2 Å². The molecule has 1 aliphatic heterocycles. The van der Waals surface area contributed by atoms with Gasteiger partial charge in [-0.3, -0.25) is 9.59 Å². The molecule has 5 rings (SSSR count). The molecular weight excluding hydrogens is 534 g/mol. The van der Waals surface area contributed by atoms with Gasteiger partial charge in [-0.2, -0.15) is 0 Å². The van der Waals surface area contributed by atoms with Gasteiger partial charge in [-0.15, -0.1) is 0 Å². The van der Waals surface area contributed by atoms with Crippen LogP contribution in [0, 0.1) is 0 Å². The third-order valence-corrected chi connectivity index (χ3v) is 7.68. The molecule has 2 aliphatic rings. The Bertz CT molecular complexity index is 1400. The van der Waals surface area contributed by atoms with Gasteiger partial charge in [-0.25, -0.2) is 9.97 Å². The molecule has 3 atom stereocenters. The Hall–Kier alpha value is -3.73. The summed E-state index contributed by atoms with van der Waals surface area (Å²) in [5, 5.41) is 26.5. The lowest BCUT2D eigenvalue weighted by molar-refractivity contribution is -0.122. The molecule has 2 heterocycles. The molecule has 1 saturated carbocycles. The van der Waals surface area contributed by atoms with Crippen molar-refractivity contribution in [2.45, 2.75) is 50.4 Å². The number of carbonyl (C=O) groups is 2. The summed E-state index contributed by atoms with van der Waals surface area (Å²) < 4.78 is 5.23. The van der Waals surface area contributed by atoms with E-state index in [0.717, 1.165) is 31.2 Å². The molecule has 0 spiro atoms. The van der Waals surface area contributed by atoms with Gasteiger partial charge in [0.2, 0.25) is 11.9 Å². The summed E-state index contributed by atoms with van der Waals surface area (Å²) in [4.78, 5) is 36.4. The predicted octanol–water partition coefficient (Wildman–Crippen LogP) is 3.33. The highest BCUT2D eigenvalue weighted by Crippen LogP contribution is 2.32. The first-order valence-electron chi connectivity index (χ1n) is 13.3. The molecule has 10 nitrogen and oxygen atoms in total. The number of benzene rings is 2. The zero-order valence-electron chi connectivity index (χ0n) is 22.1. The lowest BCUT2D eigenvalue weighted by Crippen LogP contribution is -2.40. The Morgan fingerprint density at radius 3 is 2.83 bits per heavy atom. The summed E-state index contributed by atoms with van der Waals surface area (Å²) in [5.74, 6) is 0.319. The number of nitrogens with one attached hydrogen (secondary N) is 2. The number of anilines is 1. The molecule has 0 radical (unpaired) electrons. The minimum Gasteiger partial charge on any atom is -0.497 e. The maximum Gasteiger partial charge on any atom is 0.254 e. The van der Waals surface area contributed by atoms with Crippen LogP contribution in [0.25, 0.3) is 11.3 Å². The number of aromatic nitrogens is 2. The number of halogens is 1. The van der Waals surface area contributed by atoms with Gasteiger partial charge in [0.05, 0.1) is 48.8 Å². The molecule has 210 valence electrons. The first-order chi connectivity index (χ1) is 19.4. The molecule has 2 amide bonds. The van der Waals surface area contributed by atoms with Gasteiger partial charge in [0.1, 0.15) is 12.3 Å². The quantitative estimate of drug-likeness (QED) is 0.310. The van der Waals surface area contributed by atoms with Crippen LogP contribution in [0.15, 0.2) is 48.7 Å². The van der Waals surface area contributed by atoms with E-state index in [2.05, 4.69) is 20.6 Å². The Kier molecular flexibility index (Phi) is 8.49. The highest BCUT2D eigenvalue weighted by Gasteiger charge is 2.30. The molecule has 1 fully saturated rings. The number of aliphatic hydroxyl groups excluding tert-OH is 2. The Morgan fingerprint density at radius 2 is 2.05 bits per heavy atom. The van der Waals surface area contributed by atoms with Gasteiger partial charge < -0.3 is 30.5 Å². The van der Waals surface area contributed by atoms with E-state index in [0.29, 0.717) is 39.1 Å². The minimum atomic E-state index is -0.633. The number of aliphatic hydroxyl groups is 2. The lowest BCUT2D eigenvalue weighted by Gasteiger charge is -2.28. The predicted molar refractivity (Wildman–Crippen MR) is 150 cm³/mol. The fraction of sp³-hybridized carbons (Fsp3) is 0.379. The number of rotatable bonds is 9. The van der Waals surface area contributed by atoms with Gasteiger partial charge >= 0.3 is 0 Å². The fourth-order valence-electron chi connectivity index (χ4n) is 5.23. The van der Waals surface area contributed by atoms with Crippen LogP contribution in [0.4, 0.5) is 5.95 Å². The van der Waals surface area contributed by atoms with Crippen LogP contribution in [-0.4, -0.2) is 69.3 Å². The topological polar surface area (TPSA) is 137 Å². The van der Waals surface area contributed by atoms with Crippen molar-refractivity contribution in [1.82, 2.24) is 20.2 Å². The standard InChI is InChI=1S/C29H32ClN5O5/c1-40-20-6-4-5-17(11-20)24(16-36)32-26(38)15-35-14-19-10-9-18(12-21(19)28(35)39)27-22(30)13-31-29(34-27)33-23-7-2-3-8-25(23)37/h4-6,9-13,23-25,36-37H,2-3,7-8,14-16H2,1H3,(H,32,38)(H,31,33,34)/t23?,24-,25+/m1/s1. The van der Waals surface area contributed by atoms with Crippen molar-refractivity contribution in [3.63, 3.8) is 0 Å². The summed E-state index contributed by atoms with van der Waals surface area (Å²) >= 11 is 6.44. The van der Waals surface area contributed by atoms with Crippen LogP contribution < -0.4 is 15.4 Å². The van der Waals surface area contributed by atoms with E-state index in [-0.39, 0.29) is 37.6 Å². The zero-order valence-corrected chi connectivity index (χ0v) is 22.9. The summed E-state index contributed by atoms with van der Waals surface area (Å²) in [6, 6.07) is 11.7. The molecule has 4 N–H and O–H groups in total. The molecule has 11 heteroatoms. The van der Waals surface area contributed by atoms with Crippen molar-refractivity contribution in [3.05, 3.63) is 70.4 Å². The molecule has 3 aromatic rings. The average molecular weight is 566 g/mol. The molecule has 0 saturated heterocycles. The number of fused-ring (bicyclic) bond motifs is 1. The fourth-order valence-corrected chi connectivity index (χ4v) is 5.43. The Labute approximate surface area is 237 Å². The molecule has 1 aromatic heterocycles. The second-order valence-corrected chi connectivity index (χ2v) is 10.5. The van der Waals surface area contributed by atoms with Crippen LogP contribution in [0.5, 0.6) is 5.75 Å². The second-order valence-electron chi connectivity index (χ2n) is 10.1. The zero-order chi connectivity index (χ0) is 28.2. The van der Waals surface area contributed by atoms with Crippen LogP contribution in [0.2, 0.25) is 5.02 Å². The van der Waals surface area contributed by atoms with Gasteiger partial charge in [0.25, 0.3) is 5.91 Å². The smallest absolute Gasteiger partial charge is 0.254 e. The third kappa shape index (κ3) is 6.04. The number of carbonyl (C=O) groups excluding carboxylic acids is 2. The second kappa shape index (κ2) is 12.2. The van der Waals surface area contributed by atoms with E-state index in [1.54, 1.807) is 37.4 Å². The highest BCUT2D eigenvalue weighted by atomic mass is 35.5. The van der Waals surface area contributed by atoms with Gasteiger partial charge in [-0.05, 0) is 42.2 Å². The first kappa shape index (κ1) is 27.8. The van der Waals surface area contributed by atoms with E-state index in [1.807, 2.05) is 12.1 Å². The molecule has 1 aliphatic carbocycles. The molecule has 0 bridgehead atoms. The van der Waals surface area contributed by atoms with Crippen molar-refractivity contribution in [1.29, 1.82) is 0 Å². The number of hydrogen-bond donors (Lipinski definition) is 4. The van der Waals surface area contributed by atoms with E-state index in [1.165, 1.54) is 11.1 Å². The van der Waals surface area contributed by atoms with Crippen LogP contribution >= 0.6 is 11.6 Å². The number of nitrogens with zero attached hydrogens (tertiary/aromatic N) is 3. The summed E-state index contributed by atoms with van der Waals surface area (Å²) in [5.41, 5.74) is 3.09. The van der Waals surface area contributed by atoms with E-state index >= 15 is 0 Å². The monoisotopic (exact) mass is 565 g/mol. The molecule has 1 unspecified atom stereocenters.